The molecule has 0 aromatic carbocycles. The summed E-state index contributed by atoms with van der Waals surface area (Å²) in [6.45, 7) is 10.7. The van der Waals surface area contributed by atoms with E-state index in [9.17, 15) is 0 Å². The van der Waals surface area contributed by atoms with E-state index in [1.54, 1.807) is 0 Å². The second-order valence-corrected chi connectivity index (χ2v) is 17.9. The number of fused-ring (bicyclic) bond motifs is 10. The molecule has 8 aliphatic rings. The smallest absolute Gasteiger partial charge is 0.0467 e. The molecule has 0 bridgehead atoms. The van der Waals surface area contributed by atoms with Gasteiger partial charge >= 0.3 is 0 Å². The first-order chi connectivity index (χ1) is 19.3. The maximum absolute atomic E-state index is 5.32. The van der Waals surface area contributed by atoms with E-state index >= 15 is 0 Å². The van der Waals surface area contributed by atoms with Gasteiger partial charge in [0.1, 0.15) is 0 Å². The van der Waals surface area contributed by atoms with Gasteiger partial charge < -0.3 is 0 Å². The van der Waals surface area contributed by atoms with Crippen molar-refractivity contribution in [2.45, 2.75) is 156 Å². The molecule has 0 aliphatic heterocycles. The minimum atomic E-state index is 0.327. The molecule has 0 radical (unpaired) electrons. The Morgan fingerprint density at radius 1 is 0.450 bits per heavy atom. The molecule has 8 saturated carbocycles. The van der Waals surface area contributed by atoms with Crippen LogP contribution in [0.15, 0.2) is 10.2 Å². The van der Waals surface area contributed by atoms with Gasteiger partial charge in [0.2, 0.25) is 0 Å². The highest BCUT2D eigenvalue weighted by molar-refractivity contribution is 5.95. The van der Waals surface area contributed by atoms with Crippen LogP contribution in [0.5, 0.6) is 0 Å². The van der Waals surface area contributed by atoms with Crippen LogP contribution in [0.25, 0.3) is 0 Å². The third-order valence-electron chi connectivity index (χ3n) is 16.9. The van der Waals surface area contributed by atoms with Gasteiger partial charge in [-0.05, 0) is 161 Å². The lowest BCUT2D eigenvalue weighted by Gasteiger charge is -2.60. The minimum Gasteiger partial charge on any atom is -0.160 e. The number of rotatable bonds is 1. The zero-order chi connectivity index (χ0) is 27.3. The maximum Gasteiger partial charge on any atom is 0.0467 e. The molecule has 222 valence electrons. The Labute approximate surface area is 246 Å². The zero-order valence-corrected chi connectivity index (χ0v) is 26.7. The van der Waals surface area contributed by atoms with Crippen LogP contribution in [0, 0.1) is 69.0 Å². The van der Waals surface area contributed by atoms with E-state index in [1.165, 1.54) is 140 Å². The molecule has 0 amide bonds. The molecule has 0 heterocycles. The van der Waals surface area contributed by atoms with Crippen molar-refractivity contribution in [3.8, 4) is 0 Å². The van der Waals surface area contributed by atoms with Crippen molar-refractivity contribution in [2.75, 3.05) is 0 Å². The van der Waals surface area contributed by atoms with Gasteiger partial charge in [-0.2, -0.15) is 10.2 Å². The standard InChI is InChI=1S/C38H60N2/c1-35-21-7-5-9-25(35)11-13-27-29-15-17-33(37(29,3)23-19-31(27)35)39-40-34-18-16-30-28-14-12-26-10-6-8-22-36(26,2)32(28)20-24-38(30,34)4/h25-32H,5-24H2,1-4H3/b39-33-,40-34-/t25-,26+,27-,28+,29-,30+,31-,32-,35-,36-,37-,38+/m0/s1. The molecule has 0 saturated heterocycles. The number of hydrogen-bond acceptors (Lipinski definition) is 2. The molecule has 2 nitrogen and oxygen atoms in total. The summed E-state index contributed by atoms with van der Waals surface area (Å²) in [6.07, 6.45) is 29.0. The third kappa shape index (κ3) is 3.64. The van der Waals surface area contributed by atoms with Crippen molar-refractivity contribution >= 4 is 11.4 Å². The third-order valence-corrected chi connectivity index (χ3v) is 16.9. The topological polar surface area (TPSA) is 24.7 Å². The van der Waals surface area contributed by atoms with Crippen LogP contribution in [0.4, 0.5) is 0 Å². The van der Waals surface area contributed by atoms with Crippen molar-refractivity contribution in [1.29, 1.82) is 0 Å². The van der Waals surface area contributed by atoms with Crippen molar-refractivity contribution in [1.82, 2.24) is 0 Å². The Morgan fingerprint density at radius 3 is 1.35 bits per heavy atom. The summed E-state index contributed by atoms with van der Waals surface area (Å²) in [6, 6.07) is 0. The quantitative estimate of drug-likeness (QED) is 0.293. The molecule has 12 atom stereocenters. The van der Waals surface area contributed by atoms with Crippen LogP contribution in [0.1, 0.15) is 156 Å². The van der Waals surface area contributed by atoms with E-state index in [0.717, 1.165) is 47.3 Å². The molecule has 8 aliphatic carbocycles. The number of hydrogen-bond donors (Lipinski definition) is 0. The fraction of sp³-hybridized carbons (Fsp3) is 0.947. The van der Waals surface area contributed by atoms with Gasteiger partial charge in [-0.15, -0.1) is 0 Å². The van der Waals surface area contributed by atoms with E-state index < -0.39 is 0 Å². The summed E-state index contributed by atoms with van der Waals surface area (Å²) < 4.78 is 0. The van der Waals surface area contributed by atoms with E-state index in [1.807, 2.05) is 0 Å². The summed E-state index contributed by atoms with van der Waals surface area (Å²) in [5.41, 5.74) is 4.96. The second kappa shape index (κ2) is 9.42. The van der Waals surface area contributed by atoms with Crippen LogP contribution in [-0.2, 0) is 0 Å². The number of nitrogens with zero attached hydrogens (tertiary/aromatic N) is 2. The van der Waals surface area contributed by atoms with Gasteiger partial charge in [-0.25, -0.2) is 0 Å². The molecular formula is C38H60N2. The fourth-order valence-electron chi connectivity index (χ4n) is 14.6. The van der Waals surface area contributed by atoms with E-state index in [-0.39, 0.29) is 0 Å². The highest BCUT2D eigenvalue weighted by Crippen LogP contribution is 2.67. The Bertz CT molecular complexity index is 989. The van der Waals surface area contributed by atoms with Gasteiger partial charge in [0.25, 0.3) is 0 Å². The zero-order valence-electron chi connectivity index (χ0n) is 26.7. The molecule has 0 spiro atoms. The first-order valence-corrected chi connectivity index (χ1v) is 18.4. The average molecular weight is 545 g/mol. The largest absolute Gasteiger partial charge is 0.160 e. The van der Waals surface area contributed by atoms with Crippen molar-refractivity contribution in [3.63, 3.8) is 0 Å². The normalized spacial score (nSPS) is 57.5. The SMILES string of the molecule is C[C@]12CCCC[C@@H]1CC[C@@H]1[C@H]3CC/C(=N/N=C4/CC[C@H]5[C@@H]6CC[C@@H]7CCCC[C@]7(C)[C@H]6CC[C@]45C)[C@]3(C)CC[C@@H]12. The van der Waals surface area contributed by atoms with Crippen molar-refractivity contribution in [2.24, 2.45) is 79.2 Å². The molecule has 2 heteroatoms. The van der Waals surface area contributed by atoms with E-state index in [2.05, 4.69) is 27.7 Å². The summed E-state index contributed by atoms with van der Waals surface area (Å²) >= 11 is 0. The fourth-order valence-corrected chi connectivity index (χ4v) is 14.6. The predicted molar refractivity (Wildman–Crippen MR) is 168 cm³/mol. The predicted octanol–water partition coefficient (Wildman–Crippen LogP) is 10.6. The van der Waals surface area contributed by atoms with Crippen molar-refractivity contribution in [3.05, 3.63) is 0 Å². The second-order valence-electron chi connectivity index (χ2n) is 17.9. The van der Waals surface area contributed by atoms with Crippen LogP contribution in [-0.4, -0.2) is 11.4 Å². The first-order valence-electron chi connectivity index (χ1n) is 18.4. The minimum absolute atomic E-state index is 0.327. The summed E-state index contributed by atoms with van der Waals surface area (Å²) in [5, 5.41) is 10.6. The van der Waals surface area contributed by atoms with Crippen LogP contribution in [0.2, 0.25) is 0 Å². The maximum atomic E-state index is 5.32. The highest BCUT2D eigenvalue weighted by Gasteiger charge is 2.61. The van der Waals surface area contributed by atoms with Gasteiger partial charge in [-0.3, -0.25) is 0 Å². The van der Waals surface area contributed by atoms with Crippen molar-refractivity contribution < 1.29 is 0 Å². The monoisotopic (exact) mass is 544 g/mol. The Hall–Kier alpha value is -0.660. The Morgan fingerprint density at radius 2 is 0.900 bits per heavy atom. The molecule has 40 heavy (non-hydrogen) atoms. The summed E-state index contributed by atoms with van der Waals surface area (Å²) in [5.74, 6) is 7.68. The van der Waals surface area contributed by atoms with Gasteiger partial charge in [-0.1, -0.05) is 53.4 Å². The Balaban J connectivity index is 1.02. The summed E-state index contributed by atoms with van der Waals surface area (Å²) in [4.78, 5) is 0. The van der Waals surface area contributed by atoms with Crippen LogP contribution >= 0.6 is 0 Å². The van der Waals surface area contributed by atoms with E-state index in [0.29, 0.717) is 21.7 Å². The molecule has 0 unspecified atom stereocenters. The highest BCUT2D eigenvalue weighted by atomic mass is 15.2. The first kappa shape index (κ1) is 26.9. The van der Waals surface area contributed by atoms with Crippen LogP contribution < -0.4 is 0 Å². The van der Waals surface area contributed by atoms with Gasteiger partial charge in [0, 0.05) is 22.3 Å². The van der Waals surface area contributed by atoms with E-state index in [4.69, 9.17) is 10.2 Å². The molecule has 8 rings (SSSR count). The molecule has 0 aromatic heterocycles. The lowest BCUT2D eigenvalue weighted by Crippen LogP contribution is -2.53. The van der Waals surface area contributed by atoms with Gasteiger partial charge in [0.05, 0.1) is 0 Å². The molecular weight excluding hydrogens is 484 g/mol. The Kier molecular flexibility index (Phi) is 6.34. The molecule has 0 N–H and O–H groups in total. The van der Waals surface area contributed by atoms with Crippen LogP contribution in [0.3, 0.4) is 0 Å². The molecule has 8 fully saturated rings. The summed E-state index contributed by atoms with van der Waals surface area (Å²) in [7, 11) is 0. The molecule has 0 aromatic rings. The van der Waals surface area contributed by atoms with Gasteiger partial charge in [0.15, 0.2) is 0 Å². The average Bonchev–Trinajstić information content (AvgIpc) is 3.47. The lowest BCUT2D eigenvalue weighted by molar-refractivity contribution is -0.0938. The lowest BCUT2D eigenvalue weighted by atomic mass is 9.45.